The minimum atomic E-state index is -0.0681. The summed E-state index contributed by atoms with van der Waals surface area (Å²) in [6.45, 7) is 2.34. The zero-order valence-electron chi connectivity index (χ0n) is 9.21. The molecule has 0 saturated carbocycles. The van der Waals surface area contributed by atoms with Crippen LogP contribution in [0.5, 0.6) is 0 Å². The molecule has 1 unspecified atom stereocenters. The predicted octanol–water partition coefficient (Wildman–Crippen LogP) is 2.52. The van der Waals surface area contributed by atoms with Gasteiger partial charge in [0.15, 0.2) is 0 Å². The number of hydrogen-bond acceptors (Lipinski definition) is 2. The molecular formula is C11H14BrClN2O. The van der Waals surface area contributed by atoms with Crippen molar-refractivity contribution in [1.82, 2.24) is 4.90 Å². The molecular weight excluding hydrogens is 291 g/mol. The van der Waals surface area contributed by atoms with Crippen LogP contribution in [0.2, 0.25) is 5.02 Å². The lowest BCUT2D eigenvalue weighted by Crippen LogP contribution is -2.39. The van der Waals surface area contributed by atoms with Crippen molar-refractivity contribution in [3.63, 3.8) is 0 Å². The first-order chi connectivity index (χ1) is 7.47. The van der Waals surface area contributed by atoms with Crippen LogP contribution >= 0.6 is 27.5 Å². The van der Waals surface area contributed by atoms with E-state index in [2.05, 4.69) is 15.9 Å². The average Bonchev–Trinajstić information content (AvgIpc) is 2.26. The molecule has 1 amide bonds. The summed E-state index contributed by atoms with van der Waals surface area (Å²) >= 11 is 9.14. The van der Waals surface area contributed by atoms with Crippen LogP contribution in [0.25, 0.3) is 0 Å². The lowest BCUT2D eigenvalue weighted by molar-refractivity contribution is 0.0747. The maximum absolute atomic E-state index is 12.1. The number of nitrogens with two attached hydrogens (primary N) is 1. The van der Waals surface area contributed by atoms with Crippen molar-refractivity contribution < 1.29 is 4.79 Å². The van der Waals surface area contributed by atoms with Gasteiger partial charge in [0, 0.05) is 29.1 Å². The van der Waals surface area contributed by atoms with Gasteiger partial charge in [-0.25, -0.2) is 0 Å². The normalized spacial score (nSPS) is 12.3. The number of carbonyl (C=O) groups is 1. The molecule has 0 aliphatic rings. The number of nitrogens with zero attached hydrogens (tertiary/aromatic N) is 1. The largest absolute Gasteiger partial charge is 0.338 e. The van der Waals surface area contributed by atoms with Crippen LogP contribution in [0.1, 0.15) is 17.3 Å². The van der Waals surface area contributed by atoms with E-state index in [0.29, 0.717) is 21.6 Å². The maximum Gasteiger partial charge on any atom is 0.255 e. The van der Waals surface area contributed by atoms with Crippen LogP contribution < -0.4 is 5.73 Å². The van der Waals surface area contributed by atoms with Gasteiger partial charge in [-0.05, 0) is 41.1 Å². The molecule has 0 fully saturated rings. The monoisotopic (exact) mass is 304 g/mol. The second kappa shape index (κ2) is 5.66. The van der Waals surface area contributed by atoms with Crippen molar-refractivity contribution in [3.8, 4) is 0 Å². The number of benzene rings is 1. The Morgan fingerprint density at radius 3 is 2.75 bits per heavy atom. The standard InChI is InChI=1S/C11H14BrClN2O/c1-7(6-14)15(2)11(16)9-4-3-8(13)5-10(9)12/h3-5,7H,6,14H2,1-2H3. The number of carbonyl (C=O) groups excluding carboxylic acids is 1. The zero-order chi connectivity index (χ0) is 12.3. The van der Waals surface area contributed by atoms with E-state index in [1.54, 1.807) is 30.1 Å². The highest BCUT2D eigenvalue weighted by atomic mass is 79.9. The first-order valence-corrected chi connectivity index (χ1v) is 6.06. The molecule has 0 aliphatic carbocycles. The lowest BCUT2D eigenvalue weighted by atomic mass is 10.2. The van der Waals surface area contributed by atoms with Crippen LogP contribution in [-0.4, -0.2) is 30.4 Å². The summed E-state index contributed by atoms with van der Waals surface area (Å²) in [6.07, 6.45) is 0. The predicted molar refractivity (Wildman–Crippen MR) is 69.8 cm³/mol. The molecule has 2 N–H and O–H groups in total. The van der Waals surface area contributed by atoms with Gasteiger partial charge in [-0.15, -0.1) is 0 Å². The minimum absolute atomic E-state index is 0.00933. The Labute approximate surface area is 109 Å². The molecule has 5 heteroatoms. The summed E-state index contributed by atoms with van der Waals surface area (Å²) in [5.74, 6) is -0.0681. The molecule has 0 heterocycles. The van der Waals surface area contributed by atoms with Gasteiger partial charge in [0.2, 0.25) is 0 Å². The van der Waals surface area contributed by atoms with E-state index in [1.165, 1.54) is 0 Å². The lowest BCUT2D eigenvalue weighted by Gasteiger charge is -2.24. The Balaban J connectivity index is 2.96. The Hall–Kier alpha value is -0.580. The third-order valence-electron chi connectivity index (χ3n) is 2.48. The Morgan fingerprint density at radius 1 is 1.62 bits per heavy atom. The molecule has 16 heavy (non-hydrogen) atoms. The van der Waals surface area contributed by atoms with Crippen LogP contribution in [0.4, 0.5) is 0 Å². The topological polar surface area (TPSA) is 46.3 Å². The van der Waals surface area contributed by atoms with Gasteiger partial charge in [0.1, 0.15) is 0 Å². The molecule has 1 atom stereocenters. The van der Waals surface area contributed by atoms with Crippen molar-refractivity contribution >= 4 is 33.4 Å². The van der Waals surface area contributed by atoms with Gasteiger partial charge < -0.3 is 10.6 Å². The van der Waals surface area contributed by atoms with Gasteiger partial charge in [0.25, 0.3) is 5.91 Å². The second-order valence-corrected chi connectivity index (χ2v) is 4.92. The van der Waals surface area contributed by atoms with Crippen molar-refractivity contribution in [1.29, 1.82) is 0 Å². The average molecular weight is 306 g/mol. The van der Waals surface area contributed by atoms with E-state index in [4.69, 9.17) is 17.3 Å². The van der Waals surface area contributed by atoms with Crippen LogP contribution in [0, 0.1) is 0 Å². The summed E-state index contributed by atoms with van der Waals surface area (Å²) < 4.78 is 0.695. The molecule has 0 aliphatic heterocycles. The van der Waals surface area contributed by atoms with E-state index in [-0.39, 0.29) is 11.9 Å². The van der Waals surface area contributed by atoms with E-state index >= 15 is 0 Å². The molecule has 0 saturated heterocycles. The third kappa shape index (κ3) is 2.97. The highest BCUT2D eigenvalue weighted by Crippen LogP contribution is 2.22. The molecule has 0 aromatic heterocycles. The number of hydrogen-bond donors (Lipinski definition) is 1. The van der Waals surface area contributed by atoms with Crippen molar-refractivity contribution in [2.75, 3.05) is 13.6 Å². The molecule has 1 aromatic carbocycles. The minimum Gasteiger partial charge on any atom is -0.338 e. The van der Waals surface area contributed by atoms with E-state index in [1.807, 2.05) is 6.92 Å². The van der Waals surface area contributed by atoms with Crippen LogP contribution in [0.15, 0.2) is 22.7 Å². The highest BCUT2D eigenvalue weighted by Gasteiger charge is 2.18. The number of likely N-dealkylation sites (N-methyl/N-ethyl adjacent to an activating group) is 1. The van der Waals surface area contributed by atoms with Gasteiger partial charge in [0.05, 0.1) is 5.56 Å². The van der Waals surface area contributed by atoms with Crippen LogP contribution in [-0.2, 0) is 0 Å². The number of rotatable bonds is 3. The fraction of sp³-hybridized carbons (Fsp3) is 0.364. The van der Waals surface area contributed by atoms with Crippen molar-refractivity contribution in [2.45, 2.75) is 13.0 Å². The van der Waals surface area contributed by atoms with Crippen molar-refractivity contribution in [3.05, 3.63) is 33.3 Å². The molecule has 1 aromatic rings. The second-order valence-electron chi connectivity index (χ2n) is 3.62. The van der Waals surface area contributed by atoms with E-state index in [9.17, 15) is 4.79 Å². The fourth-order valence-electron chi connectivity index (χ4n) is 1.21. The van der Waals surface area contributed by atoms with Gasteiger partial charge in [-0.3, -0.25) is 4.79 Å². The summed E-state index contributed by atoms with van der Waals surface area (Å²) in [5.41, 5.74) is 6.11. The first-order valence-electron chi connectivity index (χ1n) is 4.89. The van der Waals surface area contributed by atoms with Gasteiger partial charge in [-0.2, -0.15) is 0 Å². The summed E-state index contributed by atoms with van der Waals surface area (Å²) in [4.78, 5) is 13.7. The number of halogens is 2. The SMILES string of the molecule is CC(CN)N(C)C(=O)c1ccc(Cl)cc1Br. The first kappa shape index (κ1) is 13.5. The third-order valence-corrected chi connectivity index (χ3v) is 3.38. The fourth-order valence-corrected chi connectivity index (χ4v) is 2.06. The molecule has 88 valence electrons. The Kier molecular flexibility index (Phi) is 4.77. The molecule has 0 spiro atoms. The molecule has 0 bridgehead atoms. The zero-order valence-corrected chi connectivity index (χ0v) is 11.5. The number of amides is 1. The quantitative estimate of drug-likeness (QED) is 0.933. The van der Waals surface area contributed by atoms with Gasteiger partial charge >= 0.3 is 0 Å². The van der Waals surface area contributed by atoms with E-state index < -0.39 is 0 Å². The Bertz CT molecular complexity index is 398. The molecule has 0 radical (unpaired) electrons. The maximum atomic E-state index is 12.1. The molecule has 1 rings (SSSR count). The van der Waals surface area contributed by atoms with Crippen LogP contribution in [0.3, 0.4) is 0 Å². The highest BCUT2D eigenvalue weighted by molar-refractivity contribution is 9.10. The smallest absolute Gasteiger partial charge is 0.255 e. The van der Waals surface area contributed by atoms with Gasteiger partial charge in [-0.1, -0.05) is 11.6 Å². The van der Waals surface area contributed by atoms with Crippen molar-refractivity contribution in [2.24, 2.45) is 5.73 Å². The summed E-state index contributed by atoms with van der Waals surface area (Å²) in [6, 6.07) is 5.11. The molecule has 3 nitrogen and oxygen atoms in total. The van der Waals surface area contributed by atoms with E-state index in [0.717, 1.165) is 0 Å². The Morgan fingerprint density at radius 2 is 2.25 bits per heavy atom. The summed E-state index contributed by atoms with van der Waals surface area (Å²) in [7, 11) is 1.74. The summed E-state index contributed by atoms with van der Waals surface area (Å²) in [5, 5.41) is 0.595.